The van der Waals surface area contributed by atoms with Gasteiger partial charge >= 0.3 is 0 Å². The highest BCUT2D eigenvalue weighted by molar-refractivity contribution is 7.17. The van der Waals surface area contributed by atoms with E-state index in [9.17, 15) is 4.79 Å². The van der Waals surface area contributed by atoms with E-state index in [0.29, 0.717) is 16.6 Å². The van der Waals surface area contributed by atoms with Crippen LogP contribution in [0.3, 0.4) is 0 Å². The van der Waals surface area contributed by atoms with Gasteiger partial charge < -0.3 is 10.2 Å². The van der Waals surface area contributed by atoms with E-state index >= 15 is 0 Å². The Balaban J connectivity index is 2.15. The Morgan fingerprint density at radius 1 is 1.47 bits per heavy atom. The normalized spacial score (nSPS) is 10.7. The van der Waals surface area contributed by atoms with Gasteiger partial charge in [-0.2, -0.15) is 0 Å². The molecule has 2 heterocycles. The number of likely N-dealkylation sites (N-methyl/N-ethyl adjacent to an activating group) is 1. The van der Waals surface area contributed by atoms with Crippen molar-refractivity contribution in [2.45, 2.75) is 6.92 Å². The number of carbonyl (C=O) groups excluding carboxylic acids is 1. The Morgan fingerprint density at radius 2 is 2.26 bits per heavy atom. The largest absolute Gasteiger partial charge is 0.330 e. The molecule has 0 unspecified atom stereocenters. The average molecular weight is 276 g/mol. The number of hydrogen-bond acceptors (Lipinski definition) is 6. The summed E-state index contributed by atoms with van der Waals surface area (Å²) < 4.78 is 0. The molecule has 0 amide bonds. The van der Waals surface area contributed by atoms with Gasteiger partial charge in [0.05, 0.1) is 29.0 Å². The lowest BCUT2D eigenvalue weighted by Crippen LogP contribution is -2.21. The van der Waals surface area contributed by atoms with E-state index in [0.717, 1.165) is 11.4 Å². The number of nitrogens with one attached hydrogen (secondary N) is 1. The lowest BCUT2D eigenvalue weighted by molar-refractivity contribution is 0.0961. The van der Waals surface area contributed by atoms with Gasteiger partial charge in [0, 0.05) is 6.20 Å². The Morgan fingerprint density at radius 3 is 2.89 bits per heavy atom. The maximum Gasteiger partial charge on any atom is 0.188 e. The van der Waals surface area contributed by atoms with Crippen LogP contribution in [-0.2, 0) is 0 Å². The van der Waals surface area contributed by atoms with Crippen LogP contribution in [-0.4, -0.2) is 41.3 Å². The second-order valence-corrected chi connectivity index (χ2v) is 5.46. The summed E-state index contributed by atoms with van der Waals surface area (Å²) in [6.07, 6.45) is 3.43. The molecule has 0 aliphatic carbocycles. The minimum atomic E-state index is 0.0965. The van der Waals surface area contributed by atoms with Crippen molar-refractivity contribution in [2.75, 3.05) is 26.0 Å². The van der Waals surface area contributed by atoms with E-state index in [-0.39, 0.29) is 5.78 Å². The van der Waals surface area contributed by atoms with Crippen LogP contribution in [0.5, 0.6) is 0 Å². The van der Waals surface area contributed by atoms with Gasteiger partial charge in [0.1, 0.15) is 0 Å². The fraction of sp³-hybridized carbons (Fsp3) is 0.308. The minimum absolute atomic E-state index is 0.0965. The Kier molecular flexibility index (Phi) is 4.24. The first-order chi connectivity index (χ1) is 9.06. The molecule has 19 heavy (non-hydrogen) atoms. The molecule has 0 spiro atoms. The van der Waals surface area contributed by atoms with Crippen LogP contribution in [0.4, 0.5) is 10.8 Å². The van der Waals surface area contributed by atoms with Crippen molar-refractivity contribution in [3.63, 3.8) is 0 Å². The molecule has 1 N–H and O–H groups in total. The van der Waals surface area contributed by atoms with Gasteiger partial charge in [0.25, 0.3) is 0 Å². The number of anilines is 2. The Bertz CT molecular complexity index is 565. The third-order valence-electron chi connectivity index (χ3n) is 2.42. The lowest BCUT2D eigenvalue weighted by Gasteiger charge is -2.06. The third kappa shape index (κ3) is 3.59. The number of rotatable bonds is 5. The summed E-state index contributed by atoms with van der Waals surface area (Å²) in [5.74, 6) is 0.0965. The molecule has 0 fully saturated rings. The van der Waals surface area contributed by atoms with Gasteiger partial charge in [-0.15, -0.1) is 0 Å². The predicted octanol–water partition coefficient (Wildman–Crippen LogP) is 2.33. The number of pyridine rings is 1. The van der Waals surface area contributed by atoms with Gasteiger partial charge in [0.15, 0.2) is 10.9 Å². The fourth-order valence-electron chi connectivity index (χ4n) is 1.63. The SMILES string of the molecule is Cc1nc(Nc2cccnc2)sc1C(=O)CN(C)C. The van der Waals surface area contributed by atoms with Crippen LogP contribution < -0.4 is 5.32 Å². The van der Waals surface area contributed by atoms with Crippen molar-refractivity contribution in [1.82, 2.24) is 14.9 Å². The predicted molar refractivity (Wildman–Crippen MR) is 77.3 cm³/mol. The quantitative estimate of drug-likeness (QED) is 0.849. The molecule has 0 aromatic carbocycles. The van der Waals surface area contributed by atoms with E-state index in [4.69, 9.17) is 0 Å². The van der Waals surface area contributed by atoms with Crippen LogP contribution in [0.15, 0.2) is 24.5 Å². The van der Waals surface area contributed by atoms with Crippen molar-refractivity contribution in [3.8, 4) is 0 Å². The zero-order valence-electron chi connectivity index (χ0n) is 11.2. The number of carbonyl (C=O) groups is 1. The van der Waals surface area contributed by atoms with Crippen LogP contribution in [0, 0.1) is 6.92 Å². The van der Waals surface area contributed by atoms with Crippen molar-refractivity contribution in [1.29, 1.82) is 0 Å². The fourth-order valence-corrected chi connectivity index (χ4v) is 2.54. The van der Waals surface area contributed by atoms with Crippen LogP contribution in [0.25, 0.3) is 0 Å². The van der Waals surface area contributed by atoms with E-state index in [1.54, 1.807) is 12.4 Å². The minimum Gasteiger partial charge on any atom is -0.330 e. The smallest absolute Gasteiger partial charge is 0.188 e. The topological polar surface area (TPSA) is 58.1 Å². The van der Waals surface area contributed by atoms with Gasteiger partial charge in [-0.25, -0.2) is 4.98 Å². The molecular formula is C13H16N4OS. The zero-order chi connectivity index (χ0) is 13.8. The van der Waals surface area contributed by atoms with Crippen LogP contribution >= 0.6 is 11.3 Å². The first-order valence-corrected chi connectivity index (χ1v) is 6.70. The first-order valence-electron chi connectivity index (χ1n) is 5.88. The molecular weight excluding hydrogens is 260 g/mol. The van der Waals surface area contributed by atoms with Gasteiger partial charge in [-0.3, -0.25) is 9.78 Å². The summed E-state index contributed by atoms with van der Waals surface area (Å²) in [6.45, 7) is 2.25. The van der Waals surface area contributed by atoms with E-state index in [1.807, 2.05) is 38.1 Å². The molecule has 100 valence electrons. The third-order valence-corrected chi connectivity index (χ3v) is 3.54. The summed E-state index contributed by atoms with van der Waals surface area (Å²) >= 11 is 1.38. The summed E-state index contributed by atoms with van der Waals surface area (Å²) in [4.78, 5) is 23.0. The average Bonchev–Trinajstić information content (AvgIpc) is 2.70. The number of thiazole rings is 1. The Hall–Kier alpha value is -1.79. The standard InChI is InChI=1S/C13H16N4OS/c1-9-12(11(18)8-17(2)3)19-13(15-9)16-10-5-4-6-14-7-10/h4-7H,8H2,1-3H3,(H,15,16). The number of nitrogens with zero attached hydrogens (tertiary/aromatic N) is 3. The van der Waals surface area contributed by atoms with Crippen LogP contribution in [0.2, 0.25) is 0 Å². The number of Topliss-reactive ketones (excluding diaryl/α,β-unsaturated/α-hetero) is 1. The highest BCUT2D eigenvalue weighted by Gasteiger charge is 2.15. The second-order valence-electron chi connectivity index (χ2n) is 4.46. The van der Waals surface area contributed by atoms with Gasteiger partial charge in [-0.1, -0.05) is 11.3 Å². The first kappa shape index (κ1) is 13.6. The zero-order valence-corrected chi connectivity index (χ0v) is 12.0. The van der Waals surface area contributed by atoms with Gasteiger partial charge in [0.2, 0.25) is 0 Å². The van der Waals surface area contributed by atoms with E-state index < -0.39 is 0 Å². The maximum absolute atomic E-state index is 12.0. The molecule has 2 aromatic rings. The van der Waals surface area contributed by atoms with Crippen molar-refractivity contribution in [3.05, 3.63) is 35.1 Å². The molecule has 0 aliphatic heterocycles. The molecule has 0 saturated carbocycles. The number of ketones is 1. The molecule has 0 atom stereocenters. The molecule has 5 nitrogen and oxygen atoms in total. The molecule has 6 heteroatoms. The number of aromatic nitrogens is 2. The summed E-state index contributed by atoms with van der Waals surface area (Å²) in [6, 6.07) is 3.76. The van der Waals surface area contributed by atoms with Crippen molar-refractivity contribution in [2.24, 2.45) is 0 Å². The second kappa shape index (κ2) is 5.90. The Labute approximate surface area is 116 Å². The molecule has 0 saturated heterocycles. The van der Waals surface area contributed by atoms with Crippen molar-refractivity contribution >= 4 is 27.9 Å². The monoisotopic (exact) mass is 276 g/mol. The summed E-state index contributed by atoms with van der Waals surface area (Å²) in [5, 5.41) is 3.87. The molecule has 0 radical (unpaired) electrons. The molecule has 0 bridgehead atoms. The highest BCUT2D eigenvalue weighted by Crippen LogP contribution is 2.25. The van der Waals surface area contributed by atoms with Crippen molar-refractivity contribution < 1.29 is 4.79 Å². The highest BCUT2D eigenvalue weighted by atomic mass is 32.1. The van der Waals surface area contributed by atoms with Crippen LogP contribution in [0.1, 0.15) is 15.4 Å². The molecule has 2 rings (SSSR count). The van der Waals surface area contributed by atoms with Gasteiger partial charge in [-0.05, 0) is 33.2 Å². The molecule has 2 aromatic heterocycles. The number of hydrogen-bond donors (Lipinski definition) is 1. The lowest BCUT2D eigenvalue weighted by atomic mass is 10.3. The molecule has 0 aliphatic rings. The summed E-state index contributed by atoms with van der Waals surface area (Å²) in [7, 11) is 3.76. The van der Waals surface area contributed by atoms with E-state index in [1.165, 1.54) is 11.3 Å². The van der Waals surface area contributed by atoms with E-state index in [2.05, 4.69) is 15.3 Å². The maximum atomic E-state index is 12.0. The summed E-state index contributed by atoms with van der Waals surface area (Å²) in [5.41, 5.74) is 1.63. The number of aryl methyl sites for hydroxylation is 1.